The Morgan fingerprint density at radius 1 is 1.29 bits per heavy atom. The van der Waals surface area contributed by atoms with E-state index in [2.05, 4.69) is 5.32 Å². The molecule has 8 heteroatoms. The molecule has 1 aromatic rings. The van der Waals surface area contributed by atoms with Crippen molar-refractivity contribution in [1.82, 2.24) is 5.32 Å². The van der Waals surface area contributed by atoms with Gasteiger partial charge in [0.15, 0.2) is 5.78 Å². The largest absolute Gasteiger partial charge is 0.459 e. The zero-order valence-electron chi connectivity index (χ0n) is 13.9. The van der Waals surface area contributed by atoms with E-state index >= 15 is 0 Å². The van der Waals surface area contributed by atoms with Crippen LogP contribution in [0.1, 0.15) is 37.6 Å². The van der Waals surface area contributed by atoms with Crippen LogP contribution in [0.25, 0.3) is 0 Å². The Bertz CT molecular complexity index is 641. The van der Waals surface area contributed by atoms with Crippen molar-refractivity contribution < 1.29 is 19.1 Å². The molecule has 0 spiro atoms. The molecule has 0 saturated carbocycles. The van der Waals surface area contributed by atoms with Crippen molar-refractivity contribution in [2.75, 3.05) is 12.3 Å². The Morgan fingerprint density at radius 2 is 1.92 bits per heavy atom. The first-order valence-electron chi connectivity index (χ1n) is 7.33. The van der Waals surface area contributed by atoms with Crippen LogP contribution in [-0.2, 0) is 14.3 Å². The van der Waals surface area contributed by atoms with E-state index in [9.17, 15) is 14.4 Å². The quantitative estimate of drug-likeness (QED) is 0.401. The number of carbonyl (C=O) groups excluding carboxylic acids is 3. The molecule has 0 bridgehead atoms. The number of halogens is 1. The molecule has 5 N–H and O–H groups in total. The van der Waals surface area contributed by atoms with Gasteiger partial charge in [0.05, 0.1) is 6.04 Å². The molecule has 0 aromatic heterocycles. The number of ether oxygens (including phenoxy) is 1. The summed E-state index contributed by atoms with van der Waals surface area (Å²) >= 11 is 5.77. The summed E-state index contributed by atoms with van der Waals surface area (Å²) in [5.41, 5.74) is 11.2. The molecule has 7 nitrogen and oxygen atoms in total. The van der Waals surface area contributed by atoms with Crippen LogP contribution >= 0.6 is 11.6 Å². The van der Waals surface area contributed by atoms with Gasteiger partial charge in [-0.3, -0.25) is 14.4 Å². The molecule has 0 aliphatic rings. The standard InChI is InChI=1S/C16H22ClN3O4/c1-16(2,3)24-14(22)8-20-15(23)12(19)7-13(21)10-5-4-9(17)6-11(10)18/h4-6,12H,7-8,18-19H2,1-3H3,(H,20,23). The number of Topliss-reactive ketones (excluding diaryl/α,β-unsaturated/α-hetero) is 1. The number of benzene rings is 1. The van der Waals surface area contributed by atoms with E-state index in [1.807, 2.05) is 0 Å². The number of nitrogen functional groups attached to an aromatic ring is 1. The summed E-state index contributed by atoms with van der Waals surface area (Å²) in [5.74, 6) is -1.60. The Balaban J connectivity index is 2.54. The van der Waals surface area contributed by atoms with Crippen LogP contribution in [0.4, 0.5) is 5.69 Å². The van der Waals surface area contributed by atoms with Gasteiger partial charge >= 0.3 is 5.97 Å². The van der Waals surface area contributed by atoms with Gasteiger partial charge in [-0.05, 0) is 39.0 Å². The lowest BCUT2D eigenvalue weighted by atomic mass is 10.0. The Morgan fingerprint density at radius 3 is 2.46 bits per heavy atom. The summed E-state index contributed by atoms with van der Waals surface area (Å²) < 4.78 is 5.05. The van der Waals surface area contributed by atoms with Crippen LogP contribution in [0, 0.1) is 0 Å². The molecular formula is C16H22ClN3O4. The minimum atomic E-state index is -1.10. The van der Waals surface area contributed by atoms with Gasteiger partial charge in [0.1, 0.15) is 12.1 Å². The topological polar surface area (TPSA) is 125 Å². The summed E-state index contributed by atoms with van der Waals surface area (Å²) in [6, 6.07) is 3.35. The molecule has 0 aliphatic carbocycles. The minimum Gasteiger partial charge on any atom is -0.459 e. The second kappa shape index (κ2) is 8.12. The molecule has 132 valence electrons. The van der Waals surface area contributed by atoms with Crippen LogP contribution in [-0.4, -0.2) is 35.8 Å². The molecule has 0 aliphatic heterocycles. The number of anilines is 1. The molecule has 1 unspecified atom stereocenters. The summed E-state index contributed by atoms with van der Waals surface area (Å²) in [7, 11) is 0. The van der Waals surface area contributed by atoms with E-state index in [0.717, 1.165) is 0 Å². The number of nitrogens with one attached hydrogen (secondary N) is 1. The number of hydrogen-bond donors (Lipinski definition) is 3. The van der Waals surface area contributed by atoms with E-state index in [-0.39, 0.29) is 30.0 Å². The second-order valence-electron chi connectivity index (χ2n) is 6.27. The minimum absolute atomic E-state index is 0.217. The number of ketones is 1. The first-order chi connectivity index (χ1) is 11.0. The Labute approximate surface area is 145 Å². The van der Waals surface area contributed by atoms with Gasteiger partial charge in [-0.25, -0.2) is 0 Å². The fraction of sp³-hybridized carbons (Fsp3) is 0.438. The smallest absolute Gasteiger partial charge is 0.325 e. The van der Waals surface area contributed by atoms with Crippen molar-refractivity contribution in [3.63, 3.8) is 0 Å². The van der Waals surface area contributed by atoms with Gasteiger partial charge in [0.2, 0.25) is 5.91 Å². The van der Waals surface area contributed by atoms with Gasteiger partial charge in [-0.15, -0.1) is 0 Å². The maximum Gasteiger partial charge on any atom is 0.325 e. The highest BCUT2D eigenvalue weighted by Crippen LogP contribution is 2.19. The summed E-state index contributed by atoms with van der Waals surface area (Å²) in [6.45, 7) is 4.83. The molecular weight excluding hydrogens is 334 g/mol. The predicted molar refractivity (Wildman–Crippen MR) is 91.6 cm³/mol. The Kier molecular flexibility index (Phi) is 6.74. The van der Waals surface area contributed by atoms with Crippen LogP contribution in [0.3, 0.4) is 0 Å². The monoisotopic (exact) mass is 355 g/mol. The highest BCUT2D eigenvalue weighted by Gasteiger charge is 2.22. The van der Waals surface area contributed by atoms with E-state index < -0.39 is 23.5 Å². The number of hydrogen-bond acceptors (Lipinski definition) is 6. The lowest BCUT2D eigenvalue weighted by Gasteiger charge is -2.20. The lowest BCUT2D eigenvalue weighted by molar-refractivity contribution is -0.154. The van der Waals surface area contributed by atoms with Crippen LogP contribution in [0.5, 0.6) is 0 Å². The highest BCUT2D eigenvalue weighted by molar-refractivity contribution is 6.31. The third-order valence-corrected chi connectivity index (χ3v) is 3.12. The zero-order valence-corrected chi connectivity index (χ0v) is 14.6. The summed E-state index contributed by atoms with van der Waals surface area (Å²) in [6.07, 6.45) is -0.244. The van der Waals surface area contributed by atoms with E-state index in [1.165, 1.54) is 18.2 Å². The fourth-order valence-corrected chi connectivity index (χ4v) is 2.04. The first kappa shape index (κ1) is 19.9. The van der Waals surface area contributed by atoms with Gasteiger partial charge in [0, 0.05) is 22.7 Å². The van der Waals surface area contributed by atoms with Crippen molar-refractivity contribution >= 4 is 34.9 Å². The van der Waals surface area contributed by atoms with Crippen molar-refractivity contribution in [3.05, 3.63) is 28.8 Å². The maximum atomic E-state index is 12.1. The molecule has 0 radical (unpaired) electrons. The molecule has 0 heterocycles. The van der Waals surface area contributed by atoms with Crippen molar-refractivity contribution in [3.8, 4) is 0 Å². The van der Waals surface area contributed by atoms with Crippen LogP contribution < -0.4 is 16.8 Å². The first-order valence-corrected chi connectivity index (χ1v) is 7.71. The second-order valence-corrected chi connectivity index (χ2v) is 6.71. The molecule has 1 amide bonds. The average molecular weight is 356 g/mol. The number of nitrogens with two attached hydrogens (primary N) is 2. The van der Waals surface area contributed by atoms with Crippen molar-refractivity contribution in [2.45, 2.75) is 38.8 Å². The van der Waals surface area contributed by atoms with Gasteiger partial charge in [-0.2, -0.15) is 0 Å². The van der Waals surface area contributed by atoms with Crippen LogP contribution in [0.2, 0.25) is 5.02 Å². The van der Waals surface area contributed by atoms with Crippen LogP contribution in [0.15, 0.2) is 18.2 Å². The van der Waals surface area contributed by atoms with Gasteiger partial charge in [-0.1, -0.05) is 11.6 Å². The normalized spacial score (nSPS) is 12.4. The number of rotatable bonds is 6. The average Bonchev–Trinajstić information content (AvgIpc) is 2.42. The molecule has 24 heavy (non-hydrogen) atoms. The summed E-state index contributed by atoms with van der Waals surface area (Å²) in [5, 5.41) is 2.75. The van der Waals surface area contributed by atoms with E-state index in [1.54, 1.807) is 20.8 Å². The molecule has 1 aromatic carbocycles. The maximum absolute atomic E-state index is 12.1. The molecule has 0 saturated heterocycles. The fourth-order valence-electron chi connectivity index (χ4n) is 1.86. The lowest BCUT2D eigenvalue weighted by Crippen LogP contribution is -2.44. The van der Waals surface area contributed by atoms with Crippen molar-refractivity contribution in [2.24, 2.45) is 5.73 Å². The van der Waals surface area contributed by atoms with Crippen molar-refractivity contribution in [1.29, 1.82) is 0 Å². The number of amides is 1. The third-order valence-electron chi connectivity index (χ3n) is 2.88. The number of carbonyl (C=O) groups is 3. The summed E-state index contributed by atoms with van der Waals surface area (Å²) in [4.78, 5) is 35.5. The zero-order chi connectivity index (χ0) is 18.5. The molecule has 1 rings (SSSR count). The van der Waals surface area contributed by atoms with E-state index in [0.29, 0.717) is 5.02 Å². The predicted octanol–water partition coefficient (Wildman–Crippen LogP) is 1.28. The molecule has 0 fully saturated rings. The third kappa shape index (κ3) is 6.55. The number of esters is 1. The SMILES string of the molecule is CC(C)(C)OC(=O)CNC(=O)C(N)CC(=O)c1ccc(Cl)cc1N. The molecule has 1 atom stereocenters. The highest BCUT2D eigenvalue weighted by atomic mass is 35.5. The van der Waals surface area contributed by atoms with Gasteiger partial charge in [0.25, 0.3) is 0 Å². The Hall–Kier alpha value is -2.12. The van der Waals surface area contributed by atoms with E-state index in [4.69, 9.17) is 27.8 Å². The van der Waals surface area contributed by atoms with Gasteiger partial charge < -0.3 is 21.5 Å².